The first kappa shape index (κ1) is 9.04. The van der Waals surface area contributed by atoms with Crippen LogP contribution in [-0.4, -0.2) is 19.7 Å². The van der Waals surface area contributed by atoms with E-state index in [1.165, 1.54) is 16.8 Å². The molecular weight excluding hydrogens is 188 g/mol. The van der Waals surface area contributed by atoms with Crippen LogP contribution in [0.2, 0.25) is 0 Å². The van der Waals surface area contributed by atoms with Crippen LogP contribution in [-0.2, 0) is 5.41 Å². The summed E-state index contributed by atoms with van der Waals surface area (Å²) in [5.41, 5.74) is 10.1. The maximum Gasteiger partial charge on any atom is 0.119 e. The molecule has 1 aliphatic heterocycles. The maximum atomic E-state index is 6.04. The maximum absolute atomic E-state index is 6.04. The number of nitrogens with two attached hydrogens (primary N) is 1. The molecule has 80 valence electrons. The van der Waals surface area contributed by atoms with Gasteiger partial charge in [0.05, 0.1) is 7.11 Å². The Morgan fingerprint density at radius 1 is 1.53 bits per heavy atom. The molecule has 1 aromatic rings. The van der Waals surface area contributed by atoms with Crippen molar-refractivity contribution in [2.45, 2.75) is 24.8 Å². The molecule has 3 heteroatoms. The molecule has 1 spiro atoms. The van der Waals surface area contributed by atoms with Crippen LogP contribution in [0.25, 0.3) is 0 Å². The average molecular weight is 204 g/mol. The predicted octanol–water partition coefficient (Wildman–Crippen LogP) is 1.40. The fourth-order valence-corrected chi connectivity index (χ4v) is 2.69. The highest BCUT2D eigenvalue weighted by Gasteiger charge is 2.57. The molecule has 1 saturated carbocycles. The minimum absolute atomic E-state index is 0.203. The zero-order valence-corrected chi connectivity index (χ0v) is 9.13. The van der Waals surface area contributed by atoms with E-state index in [1.807, 2.05) is 0 Å². The van der Waals surface area contributed by atoms with E-state index in [0.717, 1.165) is 18.7 Å². The molecule has 3 nitrogen and oxygen atoms in total. The largest absolute Gasteiger partial charge is 0.497 e. The van der Waals surface area contributed by atoms with E-state index in [-0.39, 0.29) is 5.41 Å². The van der Waals surface area contributed by atoms with Crippen LogP contribution in [0.3, 0.4) is 0 Å². The Morgan fingerprint density at radius 3 is 2.87 bits per heavy atom. The molecule has 1 fully saturated rings. The Kier molecular flexibility index (Phi) is 1.61. The highest BCUT2D eigenvalue weighted by molar-refractivity contribution is 5.69. The summed E-state index contributed by atoms with van der Waals surface area (Å²) in [5, 5.41) is 3.47. The highest BCUT2D eigenvalue weighted by atomic mass is 16.5. The Hall–Kier alpha value is -1.22. The van der Waals surface area contributed by atoms with E-state index in [1.54, 1.807) is 7.11 Å². The van der Waals surface area contributed by atoms with Gasteiger partial charge in [-0.3, -0.25) is 0 Å². The number of aryl methyl sites for hydroxylation is 1. The van der Waals surface area contributed by atoms with Crippen LogP contribution in [0.4, 0.5) is 5.69 Å². The normalized spacial score (nSPS) is 31.3. The summed E-state index contributed by atoms with van der Waals surface area (Å²) in [5.74, 6) is 0.938. The molecule has 3 N–H and O–H groups in total. The van der Waals surface area contributed by atoms with Crippen LogP contribution >= 0.6 is 0 Å². The van der Waals surface area contributed by atoms with E-state index in [2.05, 4.69) is 24.4 Å². The summed E-state index contributed by atoms with van der Waals surface area (Å²) in [7, 11) is 1.71. The van der Waals surface area contributed by atoms with Crippen molar-refractivity contribution in [2.24, 2.45) is 5.73 Å². The fourth-order valence-electron chi connectivity index (χ4n) is 2.69. The van der Waals surface area contributed by atoms with Gasteiger partial charge in [-0.25, -0.2) is 0 Å². The van der Waals surface area contributed by atoms with Gasteiger partial charge < -0.3 is 15.8 Å². The van der Waals surface area contributed by atoms with Crippen LogP contribution in [0.15, 0.2) is 12.1 Å². The van der Waals surface area contributed by atoms with Gasteiger partial charge in [0.2, 0.25) is 0 Å². The number of benzene rings is 1. The number of fused-ring (bicyclic) bond motifs is 2. The molecule has 0 aromatic heterocycles. The van der Waals surface area contributed by atoms with Gasteiger partial charge >= 0.3 is 0 Å². The van der Waals surface area contributed by atoms with Crippen LogP contribution in [0, 0.1) is 6.92 Å². The monoisotopic (exact) mass is 204 g/mol. The van der Waals surface area contributed by atoms with Crippen molar-refractivity contribution in [3.05, 3.63) is 23.3 Å². The van der Waals surface area contributed by atoms with Crippen molar-refractivity contribution in [3.8, 4) is 5.75 Å². The summed E-state index contributed by atoms with van der Waals surface area (Å²) in [6.07, 6.45) is 1.10. The van der Waals surface area contributed by atoms with E-state index < -0.39 is 0 Å². The molecule has 2 aliphatic rings. The summed E-state index contributed by atoms with van der Waals surface area (Å²) >= 11 is 0. The molecular formula is C12H16N2O. The van der Waals surface area contributed by atoms with Crippen LogP contribution in [0.1, 0.15) is 17.5 Å². The van der Waals surface area contributed by atoms with Crippen LogP contribution in [0.5, 0.6) is 5.75 Å². The lowest BCUT2D eigenvalue weighted by Crippen LogP contribution is -2.20. The summed E-state index contributed by atoms with van der Waals surface area (Å²) in [4.78, 5) is 0. The number of hydrogen-bond acceptors (Lipinski definition) is 3. The SMILES string of the molecule is COc1cc(C)c2c(c1)C1(CN2)CC1N. The molecule has 0 saturated heterocycles. The van der Waals surface area contributed by atoms with Crippen molar-refractivity contribution in [1.29, 1.82) is 0 Å². The lowest BCUT2D eigenvalue weighted by atomic mass is 9.95. The fraction of sp³-hybridized carbons (Fsp3) is 0.500. The standard InChI is InChI=1S/C12H16N2O/c1-7-3-8(15-2)4-9-11(7)14-6-12(9)5-10(12)13/h3-4,10,14H,5-6,13H2,1-2H3. The molecule has 0 bridgehead atoms. The van der Waals surface area contributed by atoms with Crippen molar-refractivity contribution < 1.29 is 4.74 Å². The second-order valence-electron chi connectivity index (χ2n) is 4.69. The summed E-state index contributed by atoms with van der Waals surface area (Å²) < 4.78 is 5.31. The third-order valence-electron chi connectivity index (χ3n) is 3.80. The number of methoxy groups -OCH3 is 1. The number of ether oxygens (including phenoxy) is 1. The van der Waals surface area contributed by atoms with Crippen LogP contribution < -0.4 is 15.8 Å². The smallest absolute Gasteiger partial charge is 0.119 e. The van der Waals surface area contributed by atoms with Gasteiger partial charge in [-0.1, -0.05) is 0 Å². The first-order valence-corrected chi connectivity index (χ1v) is 5.36. The van der Waals surface area contributed by atoms with Crippen molar-refractivity contribution >= 4 is 5.69 Å². The molecule has 2 atom stereocenters. The highest BCUT2D eigenvalue weighted by Crippen LogP contribution is 2.54. The van der Waals surface area contributed by atoms with Gasteiger partial charge in [0, 0.05) is 23.7 Å². The van der Waals surface area contributed by atoms with Gasteiger partial charge in [0.15, 0.2) is 0 Å². The van der Waals surface area contributed by atoms with Crippen molar-refractivity contribution in [3.63, 3.8) is 0 Å². The van der Waals surface area contributed by atoms with Gasteiger partial charge in [-0.15, -0.1) is 0 Å². The van der Waals surface area contributed by atoms with E-state index >= 15 is 0 Å². The van der Waals surface area contributed by atoms with Crippen molar-refractivity contribution in [1.82, 2.24) is 0 Å². The minimum atomic E-state index is 0.203. The predicted molar refractivity (Wildman–Crippen MR) is 60.5 cm³/mol. The number of nitrogens with one attached hydrogen (secondary N) is 1. The van der Waals surface area contributed by atoms with E-state index in [0.29, 0.717) is 6.04 Å². The molecule has 1 aromatic carbocycles. The molecule has 0 radical (unpaired) electrons. The van der Waals surface area contributed by atoms with Crippen molar-refractivity contribution in [2.75, 3.05) is 19.0 Å². The Balaban J connectivity index is 2.15. The number of hydrogen-bond donors (Lipinski definition) is 2. The Labute approximate surface area is 89.6 Å². The molecule has 15 heavy (non-hydrogen) atoms. The first-order chi connectivity index (χ1) is 7.17. The molecule has 2 unspecified atom stereocenters. The molecule has 0 amide bonds. The second-order valence-corrected chi connectivity index (χ2v) is 4.69. The third kappa shape index (κ3) is 1.04. The molecule has 1 aliphatic carbocycles. The lowest BCUT2D eigenvalue weighted by Gasteiger charge is -2.11. The lowest BCUT2D eigenvalue weighted by molar-refractivity contribution is 0.413. The summed E-state index contributed by atoms with van der Waals surface area (Å²) in [6.45, 7) is 3.10. The van der Waals surface area contributed by atoms with E-state index in [4.69, 9.17) is 10.5 Å². The second kappa shape index (κ2) is 2.67. The van der Waals surface area contributed by atoms with Gasteiger partial charge in [0.1, 0.15) is 5.75 Å². The zero-order chi connectivity index (χ0) is 10.6. The first-order valence-electron chi connectivity index (χ1n) is 5.36. The number of rotatable bonds is 1. The number of anilines is 1. The topological polar surface area (TPSA) is 47.3 Å². The quantitative estimate of drug-likeness (QED) is 0.727. The van der Waals surface area contributed by atoms with E-state index in [9.17, 15) is 0 Å². The minimum Gasteiger partial charge on any atom is -0.497 e. The molecule has 1 heterocycles. The third-order valence-corrected chi connectivity index (χ3v) is 3.80. The summed E-state index contributed by atoms with van der Waals surface area (Å²) in [6, 6.07) is 4.52. The molecule has 3 rings (SSSR count). The van der Waals surface area contributed by atoms with Gasteiger partial charge in [-0.2, -0.15) is 0 Å². The Morgan fingerprint density at radius 2 is 2.27 bits per heavy atom. The van der Waals surface area contributed by atoms with Gasteiger partial charge in [0.25, 0.3) is 0 Å². The zero-order valence-electron chi connectivity index (χ0n) is 9.13. The van der Waals surface area contributed by atoms with Gasteiger partial charge in [-0.05, 0) is 36.6 Å². The Bertz CT molecular complexity index is 430. The average Bonchev–Trinajstić information content (AvgIpc) is 2.70.